The van der Waals surface area contributed by atoms with Crippen LogP contribution in [0.3, 0.4) is 0 Å². The van der Waals surface area contributed by atoms with E-state index in [0.29, 0.717) is 6.42 Å². The van der Waals surface area contributed by atoms with Crippen molar-refractivity contribution in [3.63, 3.8) is 0 Å². The summed E-state index contributed by atoms with van der Waals surface area (Å²) in [6.45, 7) is 0. The Hall–Kier alpha value is -2.21. The minimum atomic E-state index is -0.0776. The summed E-state index contributed by atoms with van der Waals surface area (Å²) in [7, 11) is 1.63. The van der Waals surface area contributed by atoms with Crippen molar-refractivity contribution < 1.29 is 9.15 Å². The third-order valence-corrected chi connectivity index (χ3v) is 2.70. The van der Waals surface area contributed by atoms with Crippen molar-refractivity contribution in [3.8, 4) is 11.8 Å². The number of rotatable bonds is 4. The van der Waals surface area contributed by atoms with E-state index in [4.69, 9.17) is 14.4 Å². The quantitative estimate of drug-likeness (QED) is 0.804. The molecule has 86 valence electrons. The van der Waals surface area contributed by atoms with Crippen molar-refractivity contribution in [3.05, 3.63) is 54.0 Å². The lowest BCUT2D eigenvalue weighted by Crippen LogP contribution is -2.01. The van der Waals surface area contributed by atoms with Crippen molar-refractivity contribution in [2.75, 3.05) is 7.11 Å². The van der Waals surface area contributed by atoms with Crippen LogP contribution in [0.25, 0.3) is 0 Å². The maximum Gasteiger partial charge on any atom is 0.122 e. The lowest BCUT2D eigenvalue weighted by molar-refractivity contribution is 0.402. The van der Waals surface area contributed by atoms with E-state index in [1.54, 1.807) is 13.4 Å². The smallest absolute Gasteiger partial charge is 0.122 e. The fourth-order valence-corrected chi connectivity index (χ4v) is 1.90. The third kappa shape index (κ3) is 2.31. The van der Waals surface area contributed by atoms with E-state index in [9.17, 15) is 0 Å². The lowest BCUT2D eigenvalue weighted by atomic mass is 9.93. The molecule has 17 heavy (non-hydrogen) atoms. The predicted octanol–water partition coefficient (Wildman–Crippen LogP) is 3.33. The number of nitriles is 1. The van der Waals surface area contributed by atoms with E-state index in [2.05, 4.69) is 6.07 Å². The van der Waals surface area contributed by atoms with Gasteiger partial charge in [0, 0.05) is 12.0 Å². The highest BCUT2D eigenvalue weighted by Gasteiger charge is 2.20. The van der Waals surface area contributed by atoms with Crippen LogP contribution in [0.4, 0.5) is 0 Å². The zero-order valence-corrected chi connectivity index (χ0v) is 9.59. The van der Waals surface area contributed by atoms with E-state index >= 15 is 0 Å². The summed E-state index contributed by atoms with van der Waals surface area (Å²) >= 11 is 0. The summed E-state index contributed by atoms with van der Waals surface area (Å²) in [5.41, 5.74) is 0.978. The average Bonchev–Trinajstić information content (AvgIpc) is 2.89. The molecule has 0 fully saturated rings. The number of ether oxygens (including phenoxy) is 1. The molecule has 1 atom stereocenters. The van der Waals surface area contributed by atoms with Gasteiger partial charge in [0.2, 0.25) is 0 Å². The van der Waals surface area contributed by atoms with Gasteiger partial charge in [-0.05, 0) is 18.2 Å². The molecule has 1 aromatic heterocycles. The molecular weight excluding hydrogens is 214 g/mol. The number of hydrogen-bond acceptors (Lipinski definition) is 3. The van der Waals surface area contributed by atoms with Crippen molar-refractivity contribution in [1.82, 2.24) is 0 Å². The van der Waals surface area contributed by atoms with Crippen molar-refractivity contribution in [2.24, 2.45) is 0 Å². The standard InChI is InChI=1S/C14H13NO2/c1-16-13-6-3-2-5-11(13)12(8-9-15)14-7-4-10-17-14/h2-7,10,12H,8H2,1H3/t12-/m1/s1. The van der Waals surface area contributed by atoms with Crippen LogP contribution >= 0.6 is 0 Å². The van der Waals surface area contributed by atoms with Gasteiger partial charge in [0.25, 0.3) is 0 Å². The fourth-order valence-electron chi connectivity index (χ4n) is 1.90. The molecule has 0 radical (unpaired) electrons. The first-order valence-electron chi connectivity index (χ1n) is 5.40. The second-order valence-corrected chi connectivity index (χ2v) is 3.67. The summed E-state index contributed by atoms with van der Waals surface area (Å²) in [5.74, 6) is 1.49. The van der Waals surface area contributed by atoms with Gasteiger partial charge in [-0.2, -0.15) is 5.26 Å². The van der Waals surface area contributed by atoms with E-state index in [1.165, 1.54) is 0 Å². The van der Waals surface area contributed by atoms with E-state index in [0.717, 1.165) is 17.1 Å². The number of hydrogen-bond donors (Lipinski definition) is 0. The highest BCUT2D eigenvalue weighted by molar-refractivity contribution is 5.40. The van der Waals surface area contributed by atoms with Gasteiger partial charge >= 0.3 is 0 Å². The van der Waals surface area contributed by atoms with Crippen LogP contribution in [-0.4, -0.2) is 7.11 Å². The Morgan fingerprint density at radius 2 is 2.12 bits per heavy atom. The number of nitrogens with zero attached hydrogens (tertiary/aromatic N) is 1. The van der Waals surface area contributed by atoms with Gasteiger partial charge in [-0.15, -0.1) is 0 Å². The molecular formula is C14H13NO2. The molecule has 3 nitrogen and oxygen atoms in total. The highest BCUT2D eigenvalue weighted by atomic mass is 16.5. The zero-order valence-electron chi connectivity index (χ0n) is 9.59. The molecule has 0 aliphatic carbocycles. The van der Waals surface area contributed by atoms with Crippen LogP contribution in [-0.2, 0) is 0 Å². The second kappa shape index (κ2) is 5.22. The van der Waals surface area contributed by atoms with Crippen LogP contribution in [0.5, 0.6) is 5.75 Å². The minimum absolute atomic E-state index is 0.0776. The van der Waals surface area contributed by atoms with E-state index in [1.807, 2.05) is 36.4 Å². The Morgan fingerprint density at radius 3 is 2.76 bits per heavy atom. The molecule has 2 aromatic rings. The monoisotopic (exact) mass is 227 g/mol. The van der Waals surface area contributed by atoms with Crippen molar-refractivity contribution in [2.45, 2.75) is 12.3 Å². The molecule has 0 aliphatic rings. The van der Waals surface area contributed by atoms with Gasteiger partial charge in [-0.25, -0.2) is 0 Å². The maximum atomic E-state index is 8.93. The van der Waals surface area contributed by atoms with Gasteiger partial charge < -0.3 is 9.15 Å². The van der Waals surface area contributed by atoms with E-state index in [-0.39, 0.29) is 5.92 Å². The van der Waals surface area contributed by atoms with Gasteiger partial charge in [0.05, 0.1) is 25.4 Å². The molecule has 0 spiro atoms. The van der Waals surface area contributed by atoms with Crippen LogP contribution in [0.15, 0.2) is 47.1 Å². The molecule has 0 amide bonds. The Labute approximate surface area is 100 Å². The second-order valence-electron chi connectivity index (χ2n) is 3.67. The first-order chi connectivity index (χ1) is 8.36. The van der Waals surface area contributed by atoms with Crippen LogP contribution in [0.1, 0.15) is 23.7 Å². The summed E-state index contributed by atoms with van der Waals surface area (Å²) in [6, 6.07) is 13.6. The van der Waals surface area contributed by atoms with Gasteiger partial charge in [0.1, 0.15) is 11.5 Å². The number of benzene rings is 1. The minimum Gasteiger partial charge on any atom is -0.496 e. The SMILES string of the molecule is COc1ccccc1[C@@H](CC#N)c1ccco1. The molecule has 0 saturated heterocycles. The van der Waals surface area contributed by atoms with Gasteiger partial charge in [-0.3, -0.25) is 0 Å². The molecule has 3 heteroatoms. The molecule has 0 N–H and O–H groups in total. The molecule has 0 saturated carbocycles. The zero-order chi connectivity index (χ0) is 12.1. The predicted molar refractivity (Wildman–Crippen MR) is 63.8 cm³/mol. The van der Waals surface area contributed by atoms with Crippen LogP contribution in [0.2, 0.25) is 0 Å². The number of para-hydroxylation sites is 1. The molecule has 2 rings (SSSR count). The third-order valence-electron chi connectivity index (χ3n) is 2.70. The molecule has 0 bridgehead atoms. The van der Waals surface area contributed by atoms with Crippen molar-refractivity contribution in [1.29, 1.82) is 5.26 Å². The number of furan rings is 1. The summed E-state index contributed by atoms with van der Waals surface area (Å²) in [6.07, 6.45) is 1.99. The Morgan fingerprint density at radius 1 is 1.29 bits per heavy atom. The topological polar surface area (TPSA) is 46.2 Å². The summed E-state index contributed by atoms with van der Waals surface area (Å²) in [4.78, 5) is 0. The lowest BCUT2D eigenvalue weighted by Gasteiger charge is -2.15. The highest BCUT2D eigenvalue weighted by Crippen LogP contribution is 2.34. The van der Waals surface area contributed by atoms with Crippen LogP contribution < -0.4 is 4.74 Å². The Bertz CT molecular complexity index is 511. The average molecular weight is 227 g/mol. The summed E-state index contributed by atoms with van der Waals surface area (Å²) in [5, 5.41) is 8.93. The Balaban J connectivity index is 2.43. The number of methoxy groups -OCH3 is 1. The van der Waals surface area contributed by atoms with Gasteiger partial charge in [-0.1, -0.05) is 18.2 Å². The molecule has 0 aliphatic heterocycles. The molecule has 0 unspecified atom stereocenters. The Kier molecular flexibility index (Phi) is 3.46. The fraction of sp³-hybridized carbons (Fsp3) is 0.214. The molecule has 1 heterocycles. The van der Waals surface area contributed by atoms with Crippen molar-refractivity contribution >= 4 is 0 Å². The van der Waals surface area contributed by atoms with Crippen LogP contribution in [0, 0.1) is 11.3 Å². The first kappa shape index (κ1) is 11.3. The van der Waals surface area contributed by atoms with Gasteiger partial charge in [0.15, 0.2) is 0 Å². The maximum absolute atomic E-state index is 8.93. The first-order valence-corrected chi connectivity index (χ1v) is 5.40. The molecule has 1 aromatic carbocycles. The summed E-state index contributed by atoms with van der Waals surface area (Å²) < 4.78 is 10.7. The largest absolute Gasteiger partial charge is 0.496 e. The normalized spacial score (nSPS) is 11.8. The van der Waals surface area contributed by atoms with E-state index < -0.39 is 0 Å².